The lowest BCUT2D eigenvalue weighted by atomic mass is 9.85. The van der Waals surface area contributed by atoms with Gasteiger partial charge in [0.1, 0.15) is 17.2 Å². The standard InChI is InChI=1S/C32H43F2N9O2/c1-40(12-8-20-6-10-35-11-7-20)17-21-2-4-23(5-3-21)43-19-26(29(39-43)30(33)34)37-32(45)25-16-36-42-13-9-28(38-31(25)42)41-18-22-14-24(41)15-27(22)44/h9,13,16,19-24,30,35H,2-8,10-12,14-15,17-18H2,1H3,(H,37,45)/t21?,22-,23?,24-/m1/s1. The predicted octanol–water partition coefficient (Wildman–Crippen LogP) is 4.34. The number of Topliss-reactive ketones (excluding diaryl/α,β-unsaturated/α-hetero) is 1. The van der Waals surface area contributed by atoms with Gasteiger partial charge in [0.05, 0.1) is 17.9 Å². The third-order valence-electron chi connectivity index (χ3n) is 10.6. The van der Waals surface area contributed by atoms with E-state index in [9.17, 15) is 18.4 Å². The predicted molar refractivity (Wildman–Crippen MR) is 166 cm³/mol. The summed E-state index contributed by atoms with van der Waals surface area (Å²) in [5.41, 5.74) is 0.116. The highest BCUT2D eigenvalue weighted by Gasteiger charge is 2.44. The van der Waals surface area contributed by atoms with E-state index in [2.05, 4.69) is 37.7 Å². The van der Waals surface area contributed by atoms with Gasteiger partial charge in [0.15, 0.2) is 11.3 Å². The highest BCUT2D eigenvalue weighted by molar-refractivity contribution is 6.08. The van der Waals surface area contributed by atoms with Crippen LogP contribution in [0, 0.1) is 17.8 Å². The lowest BCUT2D eigenvalue weighted by Gasteiger charge is -2.32. The number of fused-ring (bicyclic) bond motifs is 3. The first-order valence-corrected chi connectivity index (χ1v) is 16.5. The van der Waals surface area contributed by atoms with Crippen LogP contribution in [-0.4, -0.2) is 86.8 Å². The van der Waals surface area contributed by atoms with Gasteiger partial charge < -0.3 is 20.4 Å². The van der Waals surface area contributed by atoms with Gasteiger partial charge in [0.2, 0.25) is 0 Å². The number of carbonyl (C=O) groups excluding carboxylic acids is 2. The zero-order chi connectivity index (χ0) is 31.1. The number of ketones is 1. The van der Waals surface area contributed by atoms with Crippen LogP contribution in [0.1, 0.15) is 86.3 Å². The van der Waals surface area contributed by atoms with Gasteiger partial charge >= 0.3 is 0 Å². The molecule has 2 bridgehead atoms. The smallest absolute Gasteiger partial charge is 0.284 e. The molecular weight excluding hydrogens is 580 g/mol. The van der Waals surface area contributed by atoms with Crippen LogP contribution in [0.2, 0.25) is 0 Å². The number of aromatic nitrogens is 5. The number of hydrogen-bond donors (Lipinski definition) is 2. The van der Waals surface area contributed by atoms with Crippen molar-refractivity contribution in [2.45, 2.75) is 76.3 Å². The molecule has 242 valence electrons. The van der Waals surface area contributed by atoms with Crippen LogP contribution in [-0.2, 0) is 4.79 Å². The summed E-state index contributed by atoms with van der Waals surface area (Å²) in [5.74, 6) is 1.87. The quantitative estimate of drug-likeness (QED) is 0.343. The Morgan fingerprint density at radius 2 is 1.93 bits per heavy atom. The second kappa shape index (κ2) is 12.7. The van der Waals surface area contributed by atoms with Crippen LogP contribution in [0.4, 0.5) is 20.3 Å². The molecule has 11 nitrogen and oxygen atoms in total. The number of nitrogens with one attached hydrogen (secondary N) is 2. The highest BCUT2D eigenvalue weighted by atomic mass is 19.3. The topological polar surface area (TPSA) is 113 Å². The van der Waals surface area contributed by atoms with Crippen LogP contribution in [0.3, 0.4) is 0 Å². The Hall–Kier alpha value is -3.45. The Kier molecular flexibility index (Phi) is 8.56. The van der Waals surface area contributed by atoms with Gasteiger partial charge in [-0.1, -0.05) is 0 Å². The zero-order valence-corrected chi connectivity index (χ0v) is 25.9. The van der Waals surface area contributed by atoms with E-state index in [1.807, 2.05) is 6.07 Å². The molecule has 2 aliphatic heterocycles. The maximum absolute atomic E-state index is 14.1. The SMILES string of the molecule is CN(CCC1CCNCC1)CC1CCC(n2cc(NC(=O)c3cnn4ccc(N5C[C@H]6C[C@@H]5CC6=O)nc34)c(C(F)F)n2)CC1. The van der Waals surface area contributed by atoms with Crippen molar-refractivity contribution in [1.29, 1.82) is 0 Å². The first-order valence-electron chi connectivity index (χ1n) is 16.5. The van der Waals surface area contributed by atoms with Crippen LogP contribution in [0.25, 0.3) is 5.65 Å². The average Bonchev–Trinajstić information content (AvgIpc) is 3.83. The van der Waals surface area contributed by atoms with Crippen molar-refractivity contribution in [3.8, 4) is 0 Å². The van der Waals surface area contributed by atoms with Crippen molar-refractivity contribution >= 4 is 28.8 Å². The summed E-state index contributed by atoms with van der Waals surface area (Å²) in [4.78, 5) is 34.7. The number of anilines is 2. The van der Waals surface area contributed by atoms with E-state index in [1.54, 1.807) is 17.1 Å². The molecule has 0 unspecified atom stereocenters. The molecule has 2 N–H and O–H groups in total. The number of alkyl halides is 2. The number of piperidine rings is 2. The Morgan fingerprint density at radius 3 is 2.64 bits per heavy atom. The number of hydrogen-bond acceptors (Lipinski definition) is 8. The van der Waals surface area contributed by atoms with E-state index in [1.165, 1.54) is 30.0 Å². The maximum Gasteiger partial charge on any atom is 0.284 e. The number of halogens is 2. The molecule has 0 spiro atoms. The normalized spacial score (nSPS) is 25.7. The van der Waals surface area contributed by atoms with Gasteiger partial charge in [0, 0.05) is 43.9 Å². The highest BCUT2D eigenvalue weighted by Crippen LogP contribution is 2.38. The minimum Gasteiger partial charge on any atom is -0.352 e. The fraction of sp³-hybridized carbons (Fsp3) is 0.656. The second-order valence-electron chi connectivity index (χ2n) is 13.6. The molecule has 4 aliphatic rings. The van der Waals surface area contributed by atoms with Gasteiger partial charge in [-0.05, 0) is 96.0 Å². The van der Waals surface area contributed by atoms with Crippen LogP contribution in [0.5, 0.6) is 0 Å². The summed E-state index contributed by atoms with van der Waals surface area (Å²) in [6.45, 7) is 5.07. The summed E-state index contributed by atoms with van der Waals surface area (Å²) < 4.78 is 31.3. The van der Waals surface area contributed by atoms with E-state index in [0.29, 0.717) is 36.1 Å². The van der Waals surface area contributed by atoms with E-state index in [0.717, 1.165) is 64.2 Å². The second-order valence-corrected chi connectivity index (χ2v) is 13.6. The molecule has 2 saturated carbocycles. The summed E-state index contributed by atoms with van der Waals surface area (Å²) in [7, 11) is 2.21. The first-order chi connectivity index (χ1) is 21.8. The lowest BCUT2D eigenvalue weighted by Crippen LogP contribution is -2.36. The molecule has 2 aliphatic carbocycles. The molecule has 0 radical (unpaired) electrons. The minimum absolute atomic E-state index is 0.0145. The summed E-state index contributed by atoms with van der Waals surface area (Å²) in [6.07, 6.45) is 10.8. The molecule has 2 saturated heterocycles. The minimum atomic E-state index is -2.83. The van der Waals surface area contributed by atoms with Crippen molar-refractivity contribution in [3.05, 3.63) is 35.9 Å². The Morgan fingerprint density at radius 1 is 1.13 bits per heavy atom. The summed E-state index contributed by atoms with van der Waals surface area (Å²) in [6, 6.07) is 1.97. The van der Waals surface area contributed by atoms with Gasteiger partial charge in [-0.15, -0.1) is 0 Å². The molecule has 7 rings (SSSR count). The maximum atomic E-state index is 14.1. The molecule has 3 aromatic heterocycles. The fourth-order valence-corrected chi connectivity index (χ4v) is 7.94. The van der Waals surface area contributed by atoms with Crippen molar-refractivity contribution in [2.24, 2.45) is 17.8 Å². The van der Waals surface area contributed by atoms with Crippen molar-refractivity contribution in [3.63, 3.8) is 0 Å². The molecule has 3 aromatic rings. The summed E-state index contributed by atoms with van der Waals surface area (Å²) >= 11 is 0. The first kappa shape index (κ1) is 30.2. The largest absolute Gasteiger partial charge is 0.352 e. The molecule has 0 aromatic carbocycles. The van der Waals surface area contributed by atoms with Gasteiger partial charge in [-0.25, -0.2) is 18.3 Å². The average molecular weight is 624 g/mol. The molecule has 45 heavy (non-hydrogen) atoms. The van der Waals surface area contributed by atoms with Gasteiger partial charge in [0.25, 0.3) is 12.3 Å². The van der Waals surface area contributed by atoms with Crippen LogP contribution >= 0.6 is 0 Å². The monoisotopic (exact) mass is 623 g/mol. The Bertz CT molecular complexity index is 1530. The number of nitrogens with zero attached hydrogens (tertiary/aromatic N) is 7. The number of rotatable bonds is 10. The van der Waals surface area contributed by atoms with E-state index in [-0.39, 0.29) is 29.3 Å². The molecular formula is C32H43F2N9O2. The molecule has 4 fully saturated rings. The van der Waals surface area contributed by atoms with E-state index >= 15 is 0 Å². The Labute approximate surface area is 261 Å². The van der Waals surface area contributed by atoms with Crippen LogP contribution < -0.4 is 15.5 Å². The van der Waals surface area contributed by atoms with Crippen LogP contribution in [0.15, 0.2) is 24.7 Å². The Balaban J connectivity index is 0.980. The van der Waals surface area contributed by atoms with E-state index in [4.69, 9.17) is 4.98 Å². The number of amides is 1. The molecule has 1 amide bonds. The van der Waals surface area contributed by atoms with Crippen molar-refractivity contribution in [2.75, 3.05) is 50.0 Å². The summed E-state index contributed by atoms with van der Waals surface area (Å²) in [5, 5.41) is 14.6. The fourth-order valence-electron chi connectivity index (χ4n) is 7.94. The van der Waals surface area contributed by atoms with Crippen molar-refractivity contribution < 1.29 is 18.4 Å². The molecule has 2 atom stereocenters. The van der Waals surface area contributed by atoms with Gasteiger partial charge in [-0.2, -0.15) is 10.2 Å². The molecule has 5 heterocycles. The zero-order valence-electron chi connectivity index (χ0n) is 25.9. The van der Waals surface area contributed by atoms with E-state index < -0.39 is 18.0 Å². The third-order valence-corrected chi connectivity index (χ3v) is 10.6. The van der Waals surface area contributed by atoms with Gasteiger partial charge in [-0.3, -0.25) is 14.3 Å². The molecule has 13 heteroatoms. The number of carbonyl (C=O) groups is 2. The third kappa shape index (κ3) is 6.33. The lowest BCUT2D eigenvalue weighted by molar-refractivity contribution is -0.120. The van der Waals surface area contributed by atoms with Crippen molar-refractivity contribution in [1.82, 2.24) is 34.6 Å².